The van der Waals surface area contributed by atoms with Crippen molar-refractivity contribution in [2.24, 2.45) is 0 Å². The van der Waals surface area contributed by atoms with Crippen LogP contribution < -0.4 is 9.47 Å². The lowest BCUT2D eigenvalue weighted by Crippen LogP contribution is -2.30. The van der Waals surface area contributed by atoms with Crippen LogP contribution in [0.3, 0.4) is 0 Å². The second-order valence-electron chi connectivity index (χ2n) is 8.07. The molecule has 1 unspecified atom stereocenters. The van der Waals surface area contributed by atoms with Crippen LogP contribution in [0.1, 0.15) is 16.5 Å². The van der Waals surface area contributed by atoms with Crippen molar-refractivity contribution >= 4 is 21.8 Å². The van der Waals surface area contributed by atoms with Gasteiger partial charge in [-0.1, -0.05) is 60.7 Å². The molecule has 1 aliphatic rings. The van der Waals surface area contributed by atoms with Crippen molar-refractivity contribution in [3.05, 3.63) is 120 Å². The minimum atomic E-state index is -3.66. The number of hydrogen-bond acceptors (Lipinski definition) is 5. The molecule has 178 valence electrons. The normalized spacial score (nSPS) is 16.2. The summed E-state index contributed by atoms with van der Waals surface area (Å²) in [5.74, 6) is 2.79. The zero-order chi connectivity index (χ0) is 24.1. The summed E-state index contributed by atoms with van der Waals surface area (Å²) >= 11 is 1.63. The van der Waals surface area contributed by atoms with Gasteiger partial charge in [0.1, 0.15) is 23.9 Å². The number of sulfonamides is 1. The molecule has 5 rings (SSSR count). The zero-order valence-corrected chi connectivity index (χ0v) is 20.6. The molecule has 0 spiro atoms. The van der Waals surface area contributed by atoms with E-state index >= 15 is 0 Å². The van der Waals surface area contributed by atoms with E-state index in [1.165, 1.54) is 0 Å². The van der Waals surface area contributed by atoms with E-state index in [9.17, 15) is 8.42 Å². The predicted molar refractivity (Wildman–Crippen MR) is 139 cm³/mol. The summed E-state index contributed by atoms with van der Waals surface area (Å²) in [4.78, 5) is 0.258. The minimum absolute atomic E-state index is 0.258. The van der Waals surface area contributed by atoms with Gasteiger partial charge in [-0.3, -0.25) is 0 Å². The first kappa shape index (κ1) is 23.5. The Morgan fingerprint density at radius 2 is 1.34 bits per heavy atom. The molecule has 0 amide bonds. The second kappa shape index (κ2) is 10.6. The summed E-state index contributed by atoms with van der Waals surface area (Å²) in [6.45, 7) is 0.953. The maximum Gasteiger partial charge on any atom is 0.244 e. The number of nitrogens with zero attached hydrogens (tertiary/aromatic N) is 1. The fraction of sp³-hybridized carbons (Fsp3) is 0.143. The Bertz CT molecular complexity index is 1340. The monoisotopic (exact) mass is 503 g/mol. The molecule has 0 bridgehead atoms. The Morgan fingerprint density at radius 3 is 2.03 bits per heavy atom. The van der Waals surface area contributed by atoms with E-state index in [1.807, 2.05) is 84.9 Å². The Balaban J connectivity index is 1.27. The minimum Gasteiger partial charge on any atom is -0.489 e. The summed E-state index contributed by atoms with van der Waals surface area (Å²) < 4.78 is 40.2. The number of rotatable bonds is 8. The number of thioether (sulfide) groups is 1. The molecule has 4 aromatic rings. The zero-order valence-electron chi connectivity index (χ0n) is 19.0. The van der Waals surface area contributed by atoms with E-state index in [1.54, 1.807) is 40.3 Å². The lowest BCUT2D eigenvalue weighted by atomic mass is 10.2. The van der Waals surface area contributed by atoms with Crippen molar-refractivity contribution in [2.45, 2.75) is 16.9 Å². The summed E-state index contributed by atoms with van der Waals surface area (Å²) in [6.07, 6.45) is 0. The van der Waals surface area contributed by atoms with Gasteiger partial charge in [0.25, 0.3) is 0 Å². The highest BCUT2D eigenvalue weighted by atomic mass is 32.2. The van der Waals surface area contributed by atoms with E-state index in [4.69, 9.17) is 9.47 Å². The van der Waals surface area contributed by atoms with E-state index in [0.29, 0.717) is 24.7 Å². The van der Waals surface area contributed by atoms with Gasteiger partial charge in [-0.25, -0.2) is 8.42 Å². The van der Waals surface area contributed by atoms with E-state index in [0.717, 1.165) is 22.6 Å². The smallest absolute Gasteiger partial charge is 0.244 e. The summed E-state index contributed by atoms with van der Waals surface area (Å²) in [5, 5.41) is -0.275. The molecule has 7 heteroatoms. The third-order valence-electron chi connectivity index (χ3n) is 5.67. The molecule has 1 atom stereocenters. The Morgan fingerprint density at radius 1 is 0.743 bits per heavy atom. The number of para-hydroxylation sites is 1. The molecular formula is C28H25NO4S2. The van der Waals surface area contributed by atoms with Gasteiger partial charge in [0.2, 0.25) is 10.0 Å². The van der Waals surface area contributed by atoms with Crippen LogP contribution in [-0.4, -0.2) is 25.0 Å². The van der Waals surface area contributed by atoms with Crippen molar-refractivity contribution in [2.75, 3.05) is 12.3 Å². The molecule has 1 saturated heterocycles. The highest BCUT2D eigenvalue weighted by Crippen LogP contribution is 2.42. The molecular weight excluding hydrogens is 478 g/mol. The van der Waals surface area contributed by atoms with Crippen LogP contribution in [0, 0.1) is 0 Å². The molecule has 1 heterocycles. The van der Waals surface area contributed by atoms with Gasteiger partial charge in [-0.05, 0) is 59.7 Å². The van der Waals surface area contributed by atoms with Crippen LogP contribution in [0.15, 0.2) is 114 Å². The van der Waals surface area contributed by atoms with Gasteiger partial charge in [-0.2, -0.15) is 4.31 Å². The maximum absolute atomic E-state index is 13.5. The summed E-state index contributed by atoms with van der Waals surface area (Å²) in [7, 11) is -3.66. The van der Waals surface area contributed by atoms with E-state index in [2.05, 4.69) is 0 Å². The van der Waals surface area contributed by atoms with Crippen LogP contribution >= 0.6 is 11.8 Å². The van der Waals surface area contributed by atoms with Gasteiger partial charge in [0, 0.05) is 12.3 Å². The molecule has 1 fully saturated rings. The molecule has 0 N–H and O–H groups in total. The van der Waals surface area contributed by atoms with Gasteiger partial charge in [-0.15, -0.1) is 11.8 Å². The largest absolute Gasteiger partial charge is 0.489 e. The lowest BCUT2D eigenvalue weighted by Gasteiger charge is -2.24. The van der Waals surface area contributed by atoms with Crippen LogP contribution in [0.25, 0.3) is 0 Å². The first-order valence-corrected chi connectivity index (χ1v) is 13.8. The van der Waals surface area contributed by atoms with Crippen molar-refractivity contribution in [3.63, 3.8) is 0 Å². The number of benzene rings is 4. The number of ether oxygens (including phenoxy) is 2. The molecule has 1 aliphatic heterocycles. The van der Waals surface area contributed by atoms with Crippen LogP contribution in [0.5, 0.6) is 17.2 Å². The van der Waals surface area contributed by atoms with Gasteiger partial charge >= 0.3 is 0 Å². The quantitative estimate of drug-likeness (QED) is 0.275. The topological polar surface area (TPSA) is 55.8 Å². The van der Waals surface area contributed by atoms with Crippen molar-refractivity contribution < 1.29 is 17.9 Å². The van der Waals surface area contributed by atoms with E-state index in [-0.39, 0.29) is 10.3 Å². The second-order valence-corrected chi connectivity index (χ2v) is 11.1. The van der Waals surface area contributed by atoms with Gasteiger partial charge in [0.15, 0.2) is 0 Å². The van der Waals surface area contributed by atoms with Crippen LogP contribution in [0.4, 0.5) is 0 Å². The van der Waals surface area contributed by atoms with Crippen molar-refractivity contribution in [1.82, 2.24) is 4.31 Å². The first-order valence-electron chi connectivity index (χ1n) is 11.3. The van der Waals surface area contributed by atoms with Gasteiger partial charge < -0.3 is 9.47 Å². The van der Waals surface area contributed by atoms with Crippen LogP contribution in [0.2, 0.25) is 0 Å². The molecule has 0 aliphatic carbocycles. The highest BCUT2D eigenvalue weighted by molar-refractivity contribution is 8.01. The average molecular weight is 504 g/mol. The summed E-state index contributed by atoms with van der Waals surface area (Å²) in [6, 6.07) is 33.7. The van der Waals surface area contributed by atoms with E-state index < -0.39 is 10.0 Å². The Kier molecular flexibility index (Phi) is 7.08. The average Bonchev–Trinajstić information content (AvgIpc) is 3.41. The molecule has 5 nitrogen and oxygen atoms in total. The summed E-state index contributed by atoms with van der Waals surface area (Å²) in [5.41, 5.74) is 2.03. The molecule has 4 aromatic carbocycles. The molecule has 0 saturated carbocycles. The molecule has 35 heavy (non-hydrogen) atoms. The third-order valence-corrected chi connectivity index (χ3v) is 8.94. The molecule has 0 radical (unpaired) electrons. The lowest BCUT2D eigenvalue weighted by molar-refractivity contribution is 0.306. The first-order chi connectivity index (χ1) is 17.1. The highest BCUT2D eigenvalue weighted by Gasteiger charge is 2.36. The predicted octanol–water partition coefficient (Wildman–Crippen LogP) is 6.49. The van der Waals surface area contributed by atoms with Crippen LogP contribution in [-0.2, 0) is 16.6 Å². The Hall–Kier alpha value is -3.26. The van der Waals surface area contributed by atoms with Gasteiger partial charge in [0.05, 0.1) is 10.3 Å². The fourth-order valence-corrected chi connectivity index (χ4v) is 7.11. The SMILES string of the molecule is O=S(=O)(c1ccc(Oc2ccccc2)cc1)N1CCSC1c1ccc(OCc2ccccc2)cc1. The fourth-order valence-electron chi connectivity index (χ4n) is 3.87. The third kappa shape index (κ3) is 5.53. The Labute approximate surface area is 210 Å². The molecule has 0 aromatic heterocycles. The van der Waals surface area contributed by atoms with Crippen molar-refractivity contribution in [3.8, 4) is 17.2 Å². The standard InChI is InChI=1S/C28H25NO4S2/c30-35(31,27-17-15-26(16-18-27)33-25-9-5-2-6-10-25)29-19-20-34-28(29)23-11-13-24(14-12-23)32-21-22-7-3-1-4-8-22/h1-18,28H,19-21H2. The van der Waals surface area contributed by atoms with Crippen molar-refractivity contribution in [1.29, 1.82) is 0 Å². The maximum atomic E-state index is 13.5. The number of hydrogen-bond donors (Lipinski definition) is 0.